The summed E-state index contributed by atoms with van der Waals surface area (Å²) in [7, 11) is 3.24. The van der Waals surface area contributed by atoms with Crippen molar-refractivity contribution in [1.29, 1.82) is 0 Å². The number of nitrogens with zero attached hydrogens (tertiary/aromatic N) is 1. The van der Waals surface area contributed by atoms with Gasteiger partial charge in [0.2, 0.25) is 0 Å². The van der Waals surface area contributed by atoms with E-state index in [0.29, 0.717) is 4.88 Å². The van der Waals surface area contributed by atoms with E-state index in [2.05, 4.69) is 4.98 Å². The number of benzene rings is 1. The highest BCUT2D eigenvalue weighted by molar-refractivity contribution is 7.21. The Morgan fingerprint density at radius 2 is 1.95 bits per heavy atom. The second kappa shape index (κ2) is 4.51. The van der Waals surface area contributed by atoms with Crippen LogP contribution in [-0.4, -0.2) is 25.5 Å². The molecule has 3 rings (SSSR count). The van der Waals surface area contributed by atoms with Gasteiger partial charge in [-0.1, -0.05) is 0 Å². The van der Waals surface area contributed by atoms with Crippen LogP contribution in [0.5, 0.6) is 11.5 Å². The van der Waals surface area contributed by atoms with Gasteiger partial charge in [-0.15, -0.1) is 11.3 Å². The molecule has 0 amide bonds. The van der Waals surface area contributed by atoms with Gasteiger partial charge in [0.15, 0.2) is 6.29 Å². The summed E-state index contributed by atoms with van der Waals surface area (Å²) in [5, 5.41) is 2.70. The van der Waals surface area contributed by atoms with Gasteiger partial charge in [-0.2, -0.15) is 0 Å². The molecule has 0 bridgehead atoms. The number of carbonyl (C=O) groups is 1. The van der Waals surface area contributed by atoms with Gasteiger partial charge in [0, 0.05) is 28.6 Å². The van der Waals surface area contributed by atoms with Gasteiger partial charge in [-0.05, 0) is 12.1 Å². The maximum Gasteiger partial charge on any atom is 0.160 e. The minimum atomic E-state index is 0.648. The van der Waals surface area contributed by atoms with E-state index in [1.165, 1.54) is 11.3 Å². The molecule has 0 spiro atoms. The number of rotatable bonds is 3. The second-order valence-electron chi connectivity index (χ2n) is 4.00. The number of aldehydes is 1. The van der Waals surface area contributed by atoms with E-state index in [1.807, 2.05) is 12.1 Å². The van der Waals surface area contributed by atoms with Crippen LogP contribution in [0, 0.1) is 0 Å². The summed E-state index contributed by atoms with van der Waals surface area (Å²) >= 11 is 1.39. The summed E-state index contributed by atoms with van der Waals surface area (Å²) in [5.41, 5.74) is 0. The van der Waals surface area contributed by atoms with E-state index in [9.17, 15) is 4.79 Å². The molecule has 4 nitrogen and oxygen atoms in total. The van der Waals surface area contributed by atoms with Crippen molar-refractivity contribution in [2.75, 3.05) is 14.2 Å². The van der Waals surface area contributed by atoms with Crippen molar-refractivity contribution in [1.82, 2.24) is 4.98 Å². The van der Waals surface area contributed by atoms with Gasteiger partial charge in [-0.25, -0.2) is 0 Å². The number of aromatic nitrogens is 1. The topological polar surface area (TPSA) is 48.4 Å². The number of thiophene rings is 1. The molecule has 0 fully saturated rings. The molecule has 0 radical (unpaired) electrons. The van der Waals surface area contributed by atoms with Gasteiger partial charge < -0.3 is 9.47 Å². The fourth-order valence-corrected chi connectivity index (χ4v) is 3.28. The van der Waals surface area contributed by atoms with Crippen LogP contribution in [0.25, 0.3) is 20.9 Å². The Hall–Kier alpha value is -2.14. The fourth-order valence-electron chi connectivity index (χ4n) is 2.27. The molecule has 0 aliphatic heterocycles. The molecule has 0 aliphatic carbocycles. The quantitative estimate of drug-likeness (QED) is 0.687. The lowest BCUT2D eigenvalue weighted by Gasteiger charge is -2.11. The molecule has 0 unspecified atom stereocenters. The highest BCUT2D eigenvalue weighted by atomic mass is 32.1. The van der Waals surface area contributed by atoms with E-state index in [-0.39, 0.29) is 0 Å². The van der Waals surface area contributed by atoms with E-state index >= 15 is 0 Å². The molecule has 2 heterocycles. The molecule has 96 valence electrons. The summed E-state index contributed by atoms with van der Waals surface area (Å²) in [5.74, 6) is 1.48. The van der Waals surface area contributed by atoms with E-state index in [1.54, 1.807) is 26.6 Å². The van der Waals surface area contributed by atoms with Crippen molar-refractivity contribution in [3.63, 3.8) is 0 Å². The summed E-state index contributed by atoms with van der Waals surface area (Å²) in [6.45, 7) is 0. The molecule has 3 aromatic rings. The Bertz CT molecular complexity index is 719. The molecular formula is C14H11NO3S. The Labute approximate surface area is 113 Å². The lowest BCUT2D eigenvalue weighted by molar-refractivity contribution is 0.112. The van der Waals surface area contributed by atoms with Gasteiger partial charge in [0.25, 0.3) is 0 Å². The monoisotopic (exact) mass is 273 g/mol. The third-order valence-electron chi connectivity index (χ3n) is 3.04. The maximum absolute atomic E-state index is 11.0. The van der Waals surface area contributed by atoms with Crippen molar-refractivity contribution < 1.29 is 14.3 Å². The summed E-state index contributed by atoms with van der Waals surface area (Å²) in [6.07, 6.45) is 4.30. The third-order valence-corrected chi connectivity index (χ3v) is 4.10. The van der Waals surface area contributed by atoms with Crippen LogP contribution >= 0.6 is 11.3 Å². The number of ether oxygens (including phenoxy) is 2. The minimum absolute atomic E-state index is 0.648. The molecule has 0 aliphatic rings. The number of carbonyl (C=O) groups excluding carboxylic acids is 1. The average Bonchev–Trinajstić information content (AvgIpc) is 2.88. The lowest BCUT2D eigenvalue weighted by Crippen LogP contribution is -1.91. The summed E-state index contributed by atoms with van der Waals surface area (Å²) < 4.78 is 11.9. The Morgan fingerprint density at radius 3 is 2.63 bits per heavy atom. The van der Waals surface area contributed by atoms with Crippen molar-refractivity contribution in [3.05, 3.63) is 29.4 Å². The molecule has 0 saturated heterocycles. The number of pyridine rings is 1. The van der Waals surface area contributed by atoms with Crippen LogP contribution < -0.4 is 9.47 Å². The van der Waals surface area contributed by atoms with Crippen molar-refractivity contribution in [2.45, 2.75) is 0 Å². The molecule has 2 aromatic heterocycles. The Balaban J connectivity index is 2.57. The SMILES string of the molecule is COc1c2ccncc2c(OC)c2sc(C=O)cc12. The van der Waals surface area contributed by atoms with Crippen LogP contribution in [0.2, 0.25) is 0 Å². The number of hydrogen-bond acceptors (Lipinski definition) is 5. The highest BCUT2D eigenvalue weighted by Crippen LogP contribution is 2.45. The summed E-state index contributed by atoms with van der Waals surface area (Å²) in [4.78, 5) is 15.8. The predicted molar refractivity (Wildman–Crippen MR) is 75.6 cm³/mol. The molecule has 0 saturated carbocycles. The molecule has 19 heavy (non-hydrogen) atoms. The second-order valence-corrected chi connectivity index (χ2v) is 5.08. The third kappa shape index (κ3) is 1.66. The van der Waals surface area contributed by atoms with Gasteiger partial charge >= 0.3 is 0 Å². The Morgan fingerprint density at radius 1 is 1.16 bits per heavy atom. The van der Waals surface area contributed by atoms with Gasteiger partial charge in [-0.3, -0.25) is 9.78 Å². The van der Waals surface area contributed by atoms with Gasteiger partial charge in [0.05, 0.1) is 23.8 Å². The zero-order valence-electron chi connectivity index (χ0n) is 10.5. The lowest BCUT2D eigenvalue weighted by atomic mass is 10.1. The van der Waals surface area contributed by atoms with Crippen molar-refractivity contribution in [3.8, 4) is 11.5 Å². The molecule has 0 N–H and O–H groups in total. The summed E-state index contributed by atoms with van der Waals surface area (Å²) in [6, 6.07) is 3.71. The van der Waals surface area contributed by atoms with Crippen molar-refractivity contribution in [2.24, 2.45) is 0 Å². The predicted octanol–water partition coefficient (Wildman–Crippen LogP) is 3.28. The van der Waals surface area contributed by atoms with E-state index in [4.69, 9.17) is 9.47 Å². The normalized spacial score (nSPS) is 10.8. The molecule has 5 heteroatoms. The maximum atomic E-state index is 11.0. The first-order valence-corrected chi connectivity index (χ1v) is 6.48. The smallest absolute Gasteiger partial charge is 0.160 e. The fraction of sp³-hybridized carbons (Fsp3) is 0.143. The molecular weight excluding hydrogens is 262 g/mol. The van der Waals surface area contributed by atoms with Crippen LogP contribution in [0.15, 0.2) is 24.5 Å². The van der Waals surface area contributed by atoms with E-state index < -0.39 is 0 Å². The largest absolute Gasteiger partial charge is 0.495 e. The van der Waals surface area contributed by atoms with Crippen LogP contribution in [0.3, 0.4) is 0 Å². The highest BCUT2D eigenvalue weighted by Gasteiger charge is 2.17. The Kier molecular flexibility index (Phi) is 2.83. The number of methoxy groups -OCH3 is 2. The van der Waals surface area contributed by atoms with Crippen LogP contribution in [-0.2, 0) is 0 Å². The van der Waals surface area contributed by atoms with Crippen molar-refractivity contribution >= 4 is 38.5 Å². The molecule has 1 aromatic carbocycles. The van der Waals surface area contributed by atoms with Crippen LogP contribution in [0.1, 0.15) is 9.67 Å². The number of hydrogen-bond donors (Lipinski definition) is 0. The first-order valence-electron chi connectivity index (χ1n) is 5.66. The zero-order chi connectivity index (χ0) is 13.4. The number of fused-ring (bicyclic) bond motifs is 2. The zero-order valence-corrected chi connectivity index (χ0v) is 11.3. The van der Waals surface area contributed by atoms with E-state index in [0.717, 1.165) is 38.6 Å². The van der Waals surface area contributed by atoms with Crippen LogP contribution in [0.4, 0.5) is 0 Å². The first kappa shape index (κ1) is 11.9. The van der Waals surface area contributed by atoms with Gasteiger partial charge in [0.1, 0.15) is 11.5 Å². The standard InChI is InChI=1S/C14H11NO3S/c1-17-12-9-3-4-15-6-11(9)13(18-2)14-10(12)5-8(7-16)19-14/h3-7H,1-2H3. The molecule has 0 atom stereocenters. The first-order chi connectivity index (χ1) is 9.30. The minimum Gasteiger partial charge on any atom is -0.495 e. The average molecular weight is 273 g/mol.